The monoisotopic (exact) mass is 1630 g/mol. The molecule has 0 amide bonds. The lowest BCUT2D eigenvalue weighted by atomic mass is 9.99. The molecule has 0 aromatic heterocycles. The van der Waals surface area contributed by atoms with Crippen molar-refractivity contribution in [3.63, 3.8) is 0 Å². The van der Waals surface area contributed by atoms with Crippen molar-refractivity contribution in [3.8, 4) is 0 Å². The Morgan fingerprint density at radius 2 is 0.429 bits per heavy atom. The van der Waals surface area contributed by atoms with Crippen LogP contribution in [-0.2, 0) is 65.4 Å². The predicted octanol–water partition coefficient (Wildman–Crippen LogP) is 29.0. The molecule has 0 aromatic rings. The van der Waals surface area contributed by atoms with Gasteiger partial charge in [0.25, 0.3) is 0 Å². The molecule has 0 heterocycles. The number of carbonyl (C=O) groups excluding carboxylic acids is 4. The van der Waals surface area contributed by atoms with Gasteiger partial charge >= 0.3 is 39.5 Å². The quantitative estimate of drug-likeness (QED) is 0.0222. The molecule has 4 unspecified atom stereocenters. The topological polar surface area (TPSA) is 237 Å². The van der Waals surface area contributed by atoms with Crippen LogP contribution in [0.4, 0.5) is 0 Å². The van der Waals surface area contributed by atoms with Crippen LogP contribution in [0.1, 0.15) is 504 Å². The van der Waals surface area contributed by atoms with Gasteiger partial charge in [-0.05, 0) is 37.5 Å². The fourth-order valence-electron chi connectivity index (χ4n) is 14.6. The summed E-state index contributed by atoms with van der Waals surface area (Å²) in [6.45, 7) is 9.82. The summed E-state index contributed by atoms with van der Waals surface area (Å²) in [5.74, 6) is -0.352. The maximum absolute atomic E-state index is 13.2. The second-order valence-electron chi connectivity index (χ2n) is 33.9. The van der Waals surface area contributed by atoms with Crippen LogP contribution in [0.3, 0.4) is 0 Å². The van der Waals surface area contributed by atoms with Gasteiger partial charge in [-0.25, -0.2) is 9.13 Å². The van der Waals surface area contributed by atoms with Gasteiger partial charge in [-0.3, -0.25) is 37.3 Å². The Bertz CT molecular complexity index is 2140. The van der Waals surface area contributed by atoms with Crippen molar-refractivity contribution in [2.75, 3.05) is 39.6 Å². The van der Waals surface area contributed by atoms with E-state index < -0.39 is 97.5 Å². The lowest BCUT2D eigenvalue weighted by Gasteiger charge is -2.21. The van der Waals surface area contributed by atoms with E-state index in [0.29, 0.717) is 25.7 Å². The molecule has 19 heteroatoms. The molecule has 17 nitrogen and oxygen atoms in total. The first kappa shape index (κ1) is 110. The van der Waals surface area contributed by atoms with Crippen LogP contribution in [0.5, 0.6) is 0 Å². The molecule has 3 N–H and O–H groups in total. The summed E-state index contributed by atoms with van der Waals surface area (Å²) in [5.41, 5.74) is 0. The number of phosphoric ester groups is 2. The maximum atomic E-state index is 13.2. The number of aliphatic hydroxyl groups excluding tert-OH is 1. The highest BCUT2D eigenvalue weighted by molar-refractivity contribution is 7.47. The van der Waals surface area contributed by atoms with E-state index >= 15 is 0 Å². The fourth-order valence-corrected chi connectivity index (χ4v) is 16.2. The Labute approximate surface area is 689 Å². The second kappa shape index (κ2) is 84.1. The van der Waals surface area contributed by atoms with Crippen LogP contribution in [0.15, 0.2) is 0 Å². The number of rotatable bonds is 92. The number of unbranched alkanes of at least 4 members (excludes halogenated alkanes) is 60. The molecule has 0 saturated carbocycles. The number of ether oxygens (including phenoxy) is 4. The zero-order valence-corrected chi connectivity index (χ0v) is 75.8. The van der Waals surface area contributed by atoms with Gasteiger partial charge in [-0.15, -0.1) is 0 Å². The molecule has 0 aliphatic carbocycles. The zero-order chi connectivity index (χ0) is 82.0. The normalized spacial score (nSPS) is 14.2. The van der Waals surface area contributed by atoms with Gasteiger partial charge < -0.3 is 33.8 Å². The largest absolute Gasteiger partial charge is 0.472 e. The van der Waals surface area contributed by atoms with Crippen LogP contribution in [-0.4, -0.2) is 96.7 Å². The second-order valence-corrected chi connectivity index (χ2v) is 36.8. The Kier molecular flexibility index (Phi) is 82.6. The van der Waals surface area contributed by atoms with Crippen molar-refractivity contribution in [2.45, 2.75) is 522 Å². The highest BCUT2D eigenvalue weighted by Crippen LogP contribution is 2.45. The van der Waals surface area contributed by atoms with Gasteiger partial charge in [0.2, 0.25) is 0 Å². The summed E-state index contributed by atoms with van der Waals surface area (Å²) in [7, 11) is -9.93. The molecule has 0 saturated heterocycles. The van der Waals surface area contributed by atoms with Gasteiger partial charge in [-0.2, -0.15) is 0 Å². The van der Waals surface area contributed by atoms with E-state index in [1.54, 1.807) is 0 Å². The molecule has 666 valence electrons. The van der Waals surface area contributed by atoms with Crippen LogP contribution >= 0.6 is 15.6 Å². The van der Waals surface area contributed by atoms with E-state index in [0.717, 1.165) is 102 Å². The van der Waals surface area contributed by atoms with Gasteiger partial charge in [0.1, 0.15) is 19.3 Å². The molecular formula is C93H182O17P2. The molecule has 0 bridgehead atoms. The van der Waals surface area contributed by atoms with E-state index in [1.165, 1.54) is 321 Å². The first-order valence-corrected chi connectivity index (χ1v) is 51.1. The predicted molar refractivity (Wildman–Crippen MR) is 465 cm³/mol. The van der Waals surface area contributed by atoms with Crippen molar-refractivity contribution in [2.24, 2.45) is 11.8 Å². The van der Waals surface area contributed by atoms with E-state index in [4.69, 9.17) is 37.0 Å². The SMILES string of the molecule is CCCCCCCCCCCCCCCCCCCCCCC(=O)O[C@H](COC(=O)CCCCCCCCCC)COP(=O)(O)OC[C@H](O)COP(=O)(O)OC[C@@H](COC(=O)CCCCCCCCCCCCCCCCCCCCC(C)CC)OC(=O)CCCCCCCCCCCCCCCCCCCCC(C)CC. The summed E-state index contributed by atoms with van der Waals surface area (Å²) in [5, 5.41) is 10.7. The summed E-state index contributed by atoms with van der Waals surface area (Å²) >= 11 is 0. The highest BCUT2D eigenvalue weighted by Gasteiger charge is 2.31. The number of phosphoric acid groups is 2. The number of esters is 4. The first-order valence-electron chi connectivity index (χ1n) is 48.1. The third-order valence-electron chi connectivity index (χ3n) is 22.7. The minimum atomic E-state index is -4.97. The minimum Gasteiger partial charge on any atom is -0.462 e. The molecule has 0 aliphatic rings. The Morgan fingerprint density at radius 3 is 0.634 bits per heavy atom. The van der Waals surface area contributed by atoms with Gasteiger partial charge in [0.05, 0.1) is 26.4 Å². The van der Waals surface area contributed by atoms with Crippen molar-refractivity contribution in [1.82, 2.24) is 0 Å². The lowest BCUT2D eigenvalue weighted by Crippen LogP contribution is -2.30. The fraction of sp³-hybridized carbons (Fsp3) is 0.957. The smallest absolute Gasteiger partial charge is 0.462 e. The average Bonchev–Trinajstić information content (AvgIpc) is 1.07. The summed E-state index contributed by atoms with van der Waals surface area (Å²) < 4.78 is 69.0. The number of aliphatic hydroxyl groups is 1. The molecule has 0 radical (unpaired) electrons. The van der Waals surface area contributed by atoms with E-state index in [2.05, 4.69) is 41.5 Å². The molecule has 112 heavy (non-hydrogen) atoms. The molecule has 0 aromatic carbocycles. The minimum absolute atomic E-state index is 0.109. The van der Waals surface area contributed by atoms with E-state index in [9.17, 15) is 43.2 Å². The number of hydrogen-bond donors (Lipinski definition) is 3. The highest BCUT2D eigenvalue weighted by atomic mass is 31.2. The number of hydrogen-bond acceptors (Lipinski definition) is 15. The van der Waals surface area contributed by atoms with Crippen molar-refractivity contribution >= 4 is 39.5 Å². The van der Waals surface area contributed by atoms with E-state index in [-0.39, 0.29) is 25.7 Å². The van der Waals surface area contributed by atoms with Crippen LogP contribution in [0.25, 0.3) is 0 Å². The molecule has 7 atom stereocenters. The summed E-state index contributed by atoms with van der Waals surface area (Å²) in [6.07, 6.45) is 79.4. The molecule has 0 aliphatic heterocycles. The third kappa shape index (κ3) is 83.1. The molecular weight excluding hydrogens is 1450 g/mol. The van der Waals surface area contributed by atoms with E-state index in [1.807, 2.05) is 0 Å². The van der Waals surface area contributed by atoms with Gasteiger partial charge in [0.15, 0.2) is 12.2 Å². The Hall–Kier alpha value is -1.94. The lowest BCUT2D eigenvalue weighted by molar-refractivity contribution is -0.161. The van der Waals surface area contributed by atoms with Crippen molar-refractivity contribution < 1.29 is 80.2 Å². The Balaban J connectivity index is 5.16. The molecule has 0 fully saturated rings. The van der Waals surface area contributed by atoms with Crippen LogP contribution in [0, 0.1) is 11.8 Å². The molecule has 0 rings (SSSR count). The third-order valence-corrected chi connectivity index (χ3v) is 24.6. The summed E-state index contributed by atoms with van der Waals surface area (Å²) in [6, 6.07) is 0. The Morgan fingerprint density at radius 1 is 0.250 bits per heavy atom. The number of carbonyl (C=O) groups is 4. The van der Waals surface area contributed by atoms with Crippen molar-refractivity contribution in [1.29, 1.82) is 0 Å². The average molecular weight is 1630 g/mol. The maximum Gasteiger partial charge on any atom is 0.472 e. The standard InChI is InChI=1S/C93H182O17P2/c1-7-11-13-15-17-19-20-21-22-23-24-25-33-38-43-48-53-59-65-71-77-92(97)109-88(81-103-90(95)75-69-63-57-18-16-14-12-8-2)83-107-111(99,100)105-79-87(94)80-106-112(101,102)108-84-89(110-93(98)78-72-66-60-54-49-44-39-34-29-27-31-36-41-46-51-56-62-68-74-86(6)10-4)82-104-91(96)76-70-64-58-52-47-42-37-32-28-26-30-35-40-45-50-55-61-67-73-85(5)9-3/h85-89,94H,7-84H2,1-6H3,(H,99,100)(H,101,102)/t85?,86?,87-,88+,89+/m0/s1. The first-order chi connectivity index (χ1) is 54.4. The van der Waals surface area contributed by atoms with Gasteiger partial charge in [-0.1, -0.05) is 452 Å². The zero-order valence-electron chi connectivity index (χ0n) is 74.0. The molecule has 0 spiro atoms. The van der Waals surface area contributed by atoms with Crippen molar-refractivity contribution in [3.05, 3.63) is 0 Å². The van der Waals surface area contributed by atoms with Crippen LogP contribution < -0.4 is 0 Å². The van der Waals surface area contributed by atoms with Gasteiger partial charge in [0, 0.05) is 25.7 Å². The van der Waals surface area contributed by atoms with Crippen LogP contribution in [0.2, 0.25) is 0 Å². The summed E-state index contributed by atoms with van der Waals surface area (Å²) in [4.78, 5) is 73.3.